The van der Waals surface area contributed by atoms with Crippen molar-refractivity contribution in [2.75, 3.05) is 52.9 Å². The summed E-state index contributed by atoms with van der Waals surface area (Å²) in [5.74, 6) is -0.723. The van der Waals surface area contributed by atoms with Crippen LogP contribution in [0.5, 0.6) is 0 Å². The third-order valence-electron chi connectivity index (χ3n) is 2.14. The van der Waals surface area contributed by atoms with Crippen LogP contribution in [0, 0.1) is 0 Å². The zero-order valence-electron chi connectivity index (χ0n) is 12.5. The zero-order valence-corrected chi connectivity index (χ0v) is 12.5. The average molecular weight is 304 g/mol. The Morgan fingerprint density at radius 3 is 1.90 bits per heavy atom. The molecule has 21 heavy (non-hydrogen) atoms. The lowest BCUT2D eigenvalue weighted by molar-refractivity contribution is -0.144. The van der Waals surface area contributed by atoms with E-state index in [2.05, 4.69) is 6.58 Å². The second kappa shape index (κ2) is 15.0. The highest BCUT2D eigenvalue weighted by molar-refractivity contribution is 5.81. The quantitative estimate of drug-likeness (QED) is 0.266. The van der Waals surface area contributed by atoms with Crippen molar-refractivity contribution in [2.24, 2.45) is 0 Å². The van der Waals surface area contributed by atoms with Crippen LogP contribution in [0.4, 0.5) is 0 Å². The smallest absolute Gasteiger partial charge is 0.330 e. The Morgan fingerprint density at radius 1 is 0.857 bits per heavy atom. The maximum atomic E-state index is 11.0. The molecular weight excluding hydrogens is 280 g/mol. The van der Waals surface area contributed by atoms with E-state index in [1.54, 1.807) is 6.92 Å². The van der Waals surface area contributed by atoms with Crippen LogP contribution < -0.4 is 0 Å². The molecule has 0 aromatic heterocycles. The van der Waals surface area contributed by atoms with E-state index in [-0.39, 0.29) is 19.0 Å². The SMILES string of the molecule is C=CC(=O)OCCOCCOCCOCCC(=O)OCC. The van der Waals surface area contributed by atoms with Crippen molar-refractivity contribution >= 4 is 11.9 Å². The molecule has 0 aromatic carbocycles. The molecule has 0 aromatic rings. The standard InChI is InChI=1S/C14H24O7/c1-3-13(15)21-12-11-19-10-9-18-8-7-17-6-5-14(16)20-4-2/h3H,1,4-12H2,2H3. The predicted octanol–water partition coefficient (Wildman–Crippen LogP) is 0.719. The van der Waals surface area contributed by atoms with Crippen molar-refractivity contribution in [2.45, 2.75) is 13.3 Å². The van der Waals surface area contributed by atoms with E-state index in [9.17, 15) is 9.59 Å². The minimum absolute atomic E-state index is 0.196. The van der Waals surface area contributed by atoms with Gasteiger partial charge in [-0.05, 0) is 6.92 Å². The van der Waals surface area contributed by atoms with Crippen LogP contribution in [0.1, 0.15) is 13.3 Å². The molecular formula is C14H24O7. The summed E-state index contributed by atoms with van der Waals surface area (Å²) in [6.45, 7) is 7.94. The molecule has 0 fully saturated rings. The van der Waals surface area contributed by atoms with E-state index < -0.39 is 5.97 Å². The van der Waals surface area contributed by atoms with E-state index in [1.807, 2.05) is 0 Å². The topological polar surface area (TPSA) is 80.3 Å². The molecule has 0 aliphatic heterocycles. The van der Waals surface area contributed by atoms with Crippen molar-refractivity contribution < 1.29 is 33.3 Å². The van der Waals surface area contributed by atoms with Crippen molar-refractivity contribution in [3.8, 4) is 0 Å². The van der Waals surface area contributed by atoms with Crippen LogP contribution >= 0.6 is 0 Å². The molecule has 0 unspecified atom stereocenters. The first-order valence-electron chi connectivity index (χ1n) is 6.88. The summed E-state index contributed by atoms with van der Waals surface area (Å²) < 4.78 is 25.1. The second-order valence-electron chi connectivity index (χ2n) is 3.76. The third-order valence-corrected chi connectivity index (χ3v) is 2.14. The van der Waals surface area contributed by atoms with Gasteiger partial charge in [-0.15, -0.1) is 0 Å². The lowest BCUT2D eigenvalue weighted by atomic mass is 10.5. The molecule has 0 saturated heterocycles. The molecule has 0 aliphatic carbocycles. The Balaban J connectivity index is 3.10. The van der Waals surface area contributed by atoms with Gasteiger partial charge in [-0.25, -0.2) is 4.79 Å². The summed E-state index contributed by atoms with van der Waals surface area (Å²) in [6, 6.07) is 0. The number of carbonyl (C=O) groups excluding carboxylic acids is 2. The Kier molecular flexibility index (Phi) is 13.9. The van der Waals surface area contributed by atoms with Gasteiger partial charge in [0.2, 0.25) is 0 Å². The fourth-order valence-electron chi connectivity index (χ4n) is 1.19. The summed E-state index contributed by atoms with van der Waals surface area (Å²) in [7, 11) is 0. The van der Waals surface area contributed by atoms with Gasteiger partial charge in [0.1, 0.15) is 6.61 Å². The van der Waals surface area contributed by atoms with Gasteiger partial charge in [0.15, 0.2) is 0 Å². The molecule has 0 atom stereocenters. The molecule has 0 rings (SSSR count). The molecule has 0 spiro atoms. The van der Waals surface area contributed by atoms with E-state index in [0.29, 0.717) is 46.2 Å². The average Bonchev–Trinajstić information content (AvgIpc) is 2.48. The Hall–Kier alpha value is -1.44. The first-order chi connectivity index (χ1) is 10.2. The van der Waals surface area contributed by atoms with Gasteiger partial charge in [0.25, 0.3) is 0 Å². The van der Waals surface area contributed by atoms with Gasteiger partial charge in [-0.2, -0.15) is 0 Å². The molecule has 0 radical (unpaired) electrons. The minimum Gasteiger partial charge on any atom is -0.466 e. The first kappa shape index (κ1) is 19.6. The van der Waals surface area contributed by atoms with E-state index in [1.165, 1.54) is 0 Å². The van der Waals surface area contributed by atoms with Crippen LogP contribution in [-0.2, 0) is 33.3 Å². The van der Waals surface area contributed by atoms with Gasteiger partial charge in [0.05, 0.1) is 52.7 Å². The van der Waals surface area contributed by atoms with Gasteiger partial charge < -0.3 is 23.7 Å². The molecule has 7 heteroatoms. The van der Waals surface area contributed by atoms with Crippen LogP contribution in [0.3, 0.4) is 0 Å². The lowest BCUT2D eigenvalue weighted by Gasteiger charge is -2.07. The summed E-state index contributed by atoms with van der Waals surface area (Å²) in [5, 5.41) is 0. The summed E-state index contributed by atoms with van der Waals surface area (Å²) >= 11 is 0. The number of hydrogen-bond acceptors (Lipinski definition) is 7. The third kappa shape index (κ3) is 14.8. The predicted molar refractivity (Wildman–Crippen MR) is 74.9 cm³/mol. The number of hydrogen-bond donors (Lipinski definition) is 0. The van der Waals surface area contributed by atoms with Gasteiger partial charge >= 0.3 is 11.9 Å². The maximum Gasteiger partial charge on any atom is 0.330 e. The van der Waals surface area contributed by atoms with Gasteiger partial charge in [0, 0.05) is 6.08 Å². The largest absolute Gasteiger partial charge is 0.466 e. The molecule has 0 amide bonds. The highest BCUT2D eigenvalue weighted by atomic mass is 16.6. The number of rotatable bonds is 14. The van der Waals surface area contributed by atoms with E-state index in [0.717, 1.165) is 6.08 Å². The number of esters is 2. The highest BCUT2D eigenvalue weighted by Crippen LogP contribution is 1.89. The van der Waals surface area contributed by atoms with Gasteiger partial charge in [-0.1, -0.05) is 6.58 Å². The normalized spacial score (nSPS) is 10.1. The molecule has 0 bridgehead atoms. The van der Waals surface area contributed by atoms with E-state index >= 15 is 0 Å². The number of carbonyl (C=O) groups is 2. The van der Waals surface area contributed by atoms with Crippen molar-refractivity contribution in [3.05, 3.63) is 12.7 Å². The van der Waals surface area contributed by atoms with Crippen LogP contribution in [0.25, 0.3) is 0 Å². The number of ether oxygens (including phenoxy) is 5. The molecule has 0 saturated carbocycles. The molecule has 7 nitrogen and oxygen atoms in total. The molecule has 0 heterocycles. The Labute approximate surface area is 125 Å². The lowest BCUT2D eigenvalue weighted by Crippen LogP contribution is -2.14. The van der Waals surface area contributed by atoms with Gasteiger partial charge in [-0.3, -0.25) is 4.79 Å². The van der Waals surface area contributed by atoms with Crippen LogP contribution in [0.15, 0.2) is 12.7 Å². The maximum absolute atomic E-state index is 11.0. The monoisotopic (exact) mass is 304 g/mol. The Morgan fingerprint density at radius 2 is 1.38 bits per heavy atom. The van der Waals surface area contributed by atoms with Crippen molar-refractivity contribution in [1.29, 1.82) is 0 Å². The summed E-state index contributed by atoms with van der Waals surface area (Å²) in [4.78, 5) is 21.7. The second-order valence-corrected chi connectivity index (χ2v) is 3.76. The Bertz CT molecular complexity index is 291. The van der Waals surface area contributed by atoms with Crippen LogP contribution in [-0.4, -0.2) is 64.8 Å². The van der Waals surface area contributed by atoms with Crippen LogP contribution in [0.2, 0.25) is 0 Å². The highest BCUT2D eigenvalue weighted by Gasteiger charge is 2.00. The molecule has 0 N–H and O–H groups in total. The first-order valence-corrected chi connectivity index (χ1v) is 6.88. The van der Waals surface area contributed by atoms with Crippen molar-refractivity contribution in [1.82, 2.24) is 0 Å². The van der Waals surface area contributed by atoms with Crippen molar-refractivity contribution in [3.63, 3.8) is 0 Å². The van der Waals surface area contributed by atoms with E-state index in [4.69, 9.17) is 23.7 Å². The minimum atomic E-state index is -0.463. The fraction of sp³-hybridized carbons (Fsp3) is 0.714. The molecule has 0 aliphatic rings. The zero-order chi connectivity index (χ0) is 15.8. The fourth-order valence-corrected chi connectivity index (χ4v) is 1.19. The molecule has 122 valence electrons. The summed E-state index contributed by atoms with van der Waals surface area (Å²) in [6.07, 6.45) is 1.35. The summed E-state index contributed by atoms with van der Waals surface area (Å²) in [5.41, 5.74) is 0.